The number of benzene rings is 1. The number of guanidine groups is 1. The third-order valence-corrected chi connectivity index (χ3v) is 1.28. The molecule has 0 aliphatic carbocycles. The van der Waals surface area contributed by atoms with Crippen LogP contribution in [-0.2, 0) is 0 Å². The van der Waals surface area contributed by atoms with Crippen LogP contribution in [0.15, 0.2) is 30.3 Å². The summed E-state index contributed by atoms with van der Waals surface area (Å²) in [5, 5.41) is 9.00. The molecule has 1 aromatic carbocycles. The second-order valence-corrected chi connectivity index (χ2v) is 2.23. The fourth-order valence-electron chi connectivity index (χ4n) is 0.784. The molecule has 0 saturated carbocycles. The van der Waals surface area contributed by atoms with E-state index in [2.05, 4.69) is 5.32 Å². The first-order valence-corrected chi connectivity index (χ1v) is 3.40. The minimum absolute atomic E-state index is 0. The van der Waals surface area contributed by atoms with Gasteiger partial charge in [-0.1, -0.05) is 18.2 Å². The molecular formula is C8H10N3NaO. The standard InChI is InChI=1S/C8H9N3O.Na.H/c9-8(10)11-7(12)6-4-2-1-3-5-6;;/h1-5H,(H4,9,10,11,12);;. The second-order valence-electron chi connectivity index (χ2n) is 2.23. The molecule has 0 bridgehead atoms. The Bertz CT molecular complexity index is 300. The predicted molar refractivity (Wildman–Crippen MR) is 53.0 cm³/mol. The maximum absolute atomic E-state index is 11.1. The van der Waals surface area contributed by atoms with Crippen molar-refractivity contribution in [3.8, 4) is 0 Å². The van der Waals surface area contributed by atoms with Crippen molar-refractivity contribution >= 4 is 41.4 Å². The second kappa shape index (κ2) is 5.75. The number of carbonyl (C=O) groups is 1. The van der Waals surface area contributed by atoms with Crippen molar-refractivity contribution in [1.29, 1.82) is 5.41 Å². The molecule has 0 aromatic heterocycles. The fourth-order valence-corrected chi connectivity index (χ4v) is 0.784. The minimum atomic E-state index is -0.358. The van der Waals surface area contributed by atoms with Gasteiger partial charge in [0.15, 0.2) is 5.96 Å². The first-order chi connectivity index (χ1) is 5.70. The normalized spacial score (nSPS) is 8.31. The number of hydrogen-bond acceptors (Lipinski definition) is 2. The third-order valence-electron chi connectivity index (χ3n) is 1.28. The summed E-state index contributed by atoms with van der Waals surface area (Å²) in [6.45, 7) is 0. The zero-order valence-electron chi connectivity index (χ0n) is 6.37. The van der Waals surface area contributed by atoms with E-state index in [1.54, 1.807) is 24.3 Å². The zero-order chi connectivity index (χ0) is 8.97. The van der Waals surface area contributed by atoms with Crippen LogP contribution in [0.1, 0.15) is 10.4 Å². The summed E-state index contributed by atoms with van der Waals surface area (Å²) in [4.78, 5) is 11.1. The molecule has 0 spiro atoms. The van der Waals surface area contributed by atoms with E-state index < -0.39 is 0 Å². The van der Waals surface area contributed by atoms with Gasteiger partial charge in [-0.25, -0.2) is 0 Å². The van der Waals surface area contributed by atoms with Gasteiger partial charge in [-0.05, 0) is 12.1 Å². The van der Waals surface area contributed by atoms with Gasteiger partial charge in [-0.2, -0.15) is 0 Å². The average Bonchev–Trinajstić information content (AvgIpc) is 2.05. The molecule has 4 N–H and O–H groups in total. The van der Waals surface area contributed by atoms with Crippen LogP contribution in [0.3, 0.4) is 0 Å². The van der Waals surface area contributed by atoms with Gasteiger partial charge < -0.3 is 5.73 Å². The molecule has 64 valence electrons. The topological polar surface area (TPSA) is 79.0 Å². The number of amides is 1. The summed E-state index contributed by atoms with van der Waals surface area (Å²) in [7, 11) is 0. The molecule has 0 radical (unpaired) electrons. The Kier molecular flexibility index (Phi) is 5.37. The van der Waals surface area contributed by atoms with Gasteiger partial charge in [-0.15, -0.1) is 0 Å². The van der Waals surface area contributed by atoms with E-state index in [9.17, 15) is 4.79 Å². The number of carbonyl (C=O) groups excluding carboxylic acids is 1. The van der Waals surface area contributed by atoms with E-state index >= 15 is 0 Å². The Morgan fingerprint density at radius 2 is 1.85 bits per heavy atom. The van der Waals surface area contributed by atoms with Gasteiger partial charge in [-0.3, -0.25) is 15.5 Å². The molecule has 13 heavy (non-hydrogen) atoms. The summed E-state index contributed by atoms with van der Waals surface area (Å²) in [6.07, 6.45) is 0. The van der Waals surface area contributed by atoms with Crippen molar-refractivity contribution in [1.82, 2.24) is 5.32 Å². The first-order valence-electron chi connectivity index (χ1n) is 3.40. The average molecular weight is 187 g/mol. The Morgan fingerprint density at radius 3 is 2.31 bits per heavy atom. The van der Waals surface area contributed by atoms with Gasteiger partial charge in [0, 0.05) is 5.56 Å². The third kappa shape index (κ3) is 4.07. The fraction of sp³-hybridized carbons (Fsp3) is 0. The maximum atomic E-state index is 11.1. The monoisotopic (exact) mass is 187 g/mol. The number of rotatable bonds is 1. The molecule has 0 saturated heterocycles. The summed E-state index contributed by atoms with van der Waals surface area (Å²) < 4.78 is 0. The molecule has 0 fully saturated rings. The molecule has 5 heteroatoms. The van der Waals surface area contributed by atoms with Crippen LogP contribution in [0.5, 0.6) is 0 Å². The molecule has 0 aliphatic rings. The summed E-state index contributed by atoms with van der Waals surface area (Å²) in [5.74, 6) is -0.702. The molecule has 1 rings (SSSR count). The van der Waals surface area contributed by atoms with Crippen LogP contribution in [0.2, 0.25) is 0 Å². The van der Waals surface area contributed by atoms with Crippen LogP contribution in [0, 0.1) is 5.41 Å². The van der Waals surface area contributed by atoms with Crippen LogP contribution in [0.25, 0.3) is 0 Å². The van der Waals surface area contributed by atoms with Gasteiger partial charge in [0.25, 0.3) is 5.91 Å². The number of nitrogens with two attached hydrogens (primary N) is 1. The van der Waals surface area contributed by atoms with Gasteiger partial charge in [0.2, 0.25) is 0 Å². The molecular weight excluding hydrogens is 177 g/mol. The Balaban J connectivity index is 0.00000144. The van der Waals surface area contributed by atoms with Gasteiger partial charge in [0.1, 0.15) is 0 Å². The van der Waals surface area contributed by atoms with Crippen LogP contribution in [-0.4, -0.2) is 41.4 Å². The van der Waals surface area contributed by atoms with Crippen molar-refractivity contribution in [2.45, 2.75) is 0 Å². The Hall–Kier alpha value is -0.840. The quantitative estimate of drug-likeness (QED) is 0.319. The van der Waals surface area contributed by atoms with E-state index in [-0.39, 0.29) is 41.4 Å². The predicted octanol–water partition coefficient (Wildman–Crippen LogP) is -0.339. The molecule has 1 aromatic rings. The van der Waals surface area contributed by atoms with Crippen LogP contribution < -0.4 is 11.1 Å². The van der Waals surface area contributed by atoms with Crippen LogP contribution in [0.4, 0.5) is 0 Å². The van der Waals surface area contributed by atoms with Crippen molar-refractivity contribution in [3.63, 3.8) is 0 Å². The number of hydrogen-bond donors (Lipinski definition) is 3. The molecule has 1 amide bonds. The van der Waals surface area contributed by atoms with Gasteiger partial charge in [0.05, 0.1) is 0 Å². The summed E-state index contributed by atoms with van der Waals surface area (Å²) >= 11 is 0. The molecule has 0 atom stereocenters. The molecule has 4 nitrogen and oxygen atoms in total. The molecule has 0 unspecified atom stereocenters. The van der Waals surface area contributed by atoms with Crippen molar-refractivity contribution in [2.75, 3.05) is 0 Å². The van der Waals surface area contributed by atoms with Crippen molar-refractivity contribution < 1.29 is 4.79 Å². The zero-order valence-corrected chi connectivity index (χ0v) is 6.37. The van der Waals surface area contributed by atoms with E-state index in [1.807, 2.05) is 6.07 Å². The molecule has 0 heterocycles. The summed E-state index contributed by atoms with van der Waals surface area (Å²) in [6, 6.07) is 8.60. The Labute approximate surface area is 98.3 Å². The van der Waals surface area contributed by atoms with Crippen molar-refractivity contribution in [3.05, 3.63) is 35.9 Å². The van der Waals surface area contributed by atoms with E-state index in [0.29, 0.717) is 5.56 Å². The molecule has 0 aliphatic heterocycles. The SMILES string of the molecule is N=C(N)NC(=O)c1ccccc1.[NaH]. The van der Waals surface area contributed by atoms with E-state index in [0.717, 1.165) is 0 Å². The first kappa shape index (κ1) is 12.2. The van der Waals surface area contributed by atoms with E-state index in [4.69, 9.17) is 11.1 Å². The number of nitrogens with one attached hydrogen (secondary N) is 2. The van der Waals surface area contributed by atoms with Crippen molar-refractivity contribution in [2.24, 2.45) is 5.73 Å². The van der Waals surface area contributed by atoms with Crippen LogP contribution >= 0.6 is 0 Å². The Morgan fingerprint density at radius 1 is 1.31 bits per heavy atom. The van der Waals surface area contributed by atoms with Gasteiger partial charge >= 0.3 is 29.6 Å². The van der Waals surface area contributed by atoms with E-state index in [1.165, 1.54) is 0 Å². The summed E-state index contributed by atoms with van der Waals surface area (Å²) in [5.41, 5.74) is 5.48.